The van der Waals surface area contributed by atoms with E-state index in [0.29, 0.717) is 19.3 Å². The van der Waals surface area contributed by atoms with Gasteiger partial charge in [0.15, 0.2) is 0 Å². The summed E-state index contributed by atoms with van der Waals surface area (Å²) in [6, 6.07) is 0. The molecule has 0 aliphatic heterocycles. The molecule has 0 aromatic rings. The molecular formula is C11H22N2O2. The molecule has 4 heteroatoms. The van der Waals surface area contributed by atoms with E-state index in [2.05, 4.69) is 5.32 Å². The fourth-order valence-electron chi connectivity index (χ4n) is 1.90. The van der Waals surface area contributed by atoms with Crippen molar-refractivity contribution in [3.8, 4) is 0 Å². The molecule has 0 spiro atoms. The Morgan fingerprint density at radius 2 is 1.93 bits per heavy atom. The molecular weight excluding hydrogens is 192 g/mol. The lowest BCUT2D eigenvalue weighted by molar-refractivity contribution is -0.120. The van der Waals surface area contributed by atoms with Crippen LogP contribution >= 0.6 is 0 Å². The molecule has 15 heavy (non-hydrogen) atoms. The maximum atomic E-state index is 10.8. The standard InChI is InChI=1S/C11H22N2O2/c12-9-11(14)13-7-8-15-10-5-3-1-2-4-6-10/h10H,1-9,12H2,(H,13,14). The summed E-state index contributed by atoms with van der Waals surface area (Å²) in [7, 11) is 0. The van der Waals surface area contributed by atoms with Crippen LogP contribution in [0, 0.1) is 0 Å². The first-order valence-corrected chi connectivity index (χ1v) is 5.91. The van der Waals surface area contributed by atoms with Crippen LogP contribution in [-0.4, -0.2) is 31.7 Å². The van der Waals surface area contributed by atoms with Gasteiger partial charge in [-0.15, -0.1) is 0 Å². The molecule has 3 N–H and O–H groups in total. The van der Waals surface area contributed by atoms with Crippen molar-refractivity contribution in [1.29, 1.82) is 0 Å². The van der Waals surface area contributed by atoms with E-state index in [1.54, 1.807) is 0 Å². The van der Waals surface area contributed by atoms with E-state index in [9.17, 15) is 4.79 Å². The number of rotatable bonds is 5. The Morgan fingerprint density at radius 3 is 2.53 bits per heavy atom. The van der Waals surface area contributed by atoms with Crippen LogP contribution in [0.1, 0.15) is 38.5 Å². The van der Waals surface area contributed by atoms with Gasteiger partial charge in [0.25, 0.3) is 0 Å². The van der Waals surface area contributed by atoms with E-state index in [1.807, 2.05) is 0 Å². The smallest absolute Gasteiger partial charge is 0.233 e. The lowest BCUT2D eigenvalue weighted by Crippen LogP contribution is -2.33. The first kappa shape index (κ1) is 12.5. The summed E-state index contributed by atoms with van der Waals surface area (Å²) >= 11 is 0. The molecule has 1 saturated carbocycles. The van der Waals surface area contributed by atoms with Gasteiger partial charge in [-0.05, 0) is 12.8 Å². The van der Waals surface area contributed by atoms with Gasteiger partial charge in [0.05, 0.1) is 19.3 Å². The first-order valence-electron chi connectivity index (χ1n) is 5.91. The summed E-state index contributed by atoms with van der Waals surface area (Å²) in [5.41, 5.74) is 5.16. The highest BCUT2D eigenvalue weighted by atomic mass is 16.5. The van der Waals surface area contributed by atoms with Gasteiger partial charge >= 0.3 is 0 Å². The lowest BCUT2D eigenvalue weighted by Gasteiger charge is -2.15. The van der Waals surface area contributed by atoms with Gasteiger partial charge in [0, 0.05) is 6.54 Å². The topological polar surface area (TPSA) is 64.4 Å². The summed E-state index contributed by atoms with van der Waals surface area (Å²) in [4.78, 5) is 10.8. The number of carbonyl (C=O) groups excluding carboxylic acids is 1. The Hall–Kier alpha value is -0.610. The zero-order valence-corrected chi connectivity index (χ0v) is 9.34. The van der Waals surface area contributed by atoms with E-state index in [1.165, 1.54) is 38.5 Å². The van der Waals surface area contributed by atoms with Crippen LogP contribution in [0.5, 0.6) is 0 Å². The SMILES string of the molecule is NCC(=O)NCCOC1CCCCCC1. The normalized spacial score (nSPS) is 18.5. The number of ether oxygens (including phenoxy) is 1. The van der Waals surface area contributed by atoms with Crippen molar-refractivity contribution in [3.05, 3.63) is 0 Å². The van der Waals surface area contributed by atoms with Crippen molar-refractivity contribution in [2.45, 2.75) is 44.6 Å². The summed E-state index contributed by atoms with van der Waals surface area (Å²) in [6.07, 6.45) is 7.98. The average molecular weight is 214 g/mol. The number of nitrogens with two attached hydrogens (primary N) is 1. The lowest BCUT2D eigenvalue weighted by atomic mass is 10.1. The monoisotopic (exact) mass is 214 g/mol. The Kier molecular flexibility index (Phi) is 6.36. The molecule has 1 amide bonds. The second kappa shape index (κ2) is 7.65. The minimum atomic E-state index is -0.112. The molecule has 0 atom stereocenters. The van der Waals surface area contributed by atoms with Crippen molar-refractivity contribution in [2.24, 2.45) is 5.73 Å². The summed E-state index contributed by atoms with van der Waals surface area (Å²) < 4.78 is 5.70. The zero-order valence-electron chi connectivity index (χ0n) is 9.34. The van der Waals surface area contributed by atoms with Crippen LogP contribution < -0.4 is 11.1 Å². The Morgan fingerprint density at radius 1 is 1.27 bits per heavy atom. The highest BCUT2D eigenvalue weighted by Crippen LogP contribution is 2.19. The second-order valence-corrected chi connectivity index (χ2v) is 4.04. The quantitative estimate of drug-likeness (QED) is 0.525. The van der Waals surface area contributed by atoms with E-state index < -0.39 is 0 Å². The van der Waals surface area contributed by atoms with Gasteiger partial charge in [0.2, 0.25) is 5.91 Å². The molecule has 0 saturated heterocycles. The van der Waals surface area contributed by atoms with E-state index in [4.69, 9.17) is 10.5 Å². The molecule has 1 aliphatic rings. The number of hydrogen-bond donors (Lipinski definition) is 2. The third-order valence-corrected chi connectivity index (χ3v) is 2.77. The van der Waals surface area contributed by atoms with Gasteiger partial charge in [-0.25, -0.2) is 0 Å². The van der Waals surface area contributed by atoms with Gasteiger partial charge in [-0.3, -0.25) is 4.79 Å². The first-order chi connectivity index (χ1) is 7.33. The highest BCUT2D eigenvalue weighted by Gasteiger charge is 2.11. The van der Waals surface area contributed by atoms with E-state index in [0.717, 1.165) is 0 Å². The van der Waals surface area contributed by atoms with Gasteiger partial charge in [0.1, 0.15) is 0 Å². The maximum absolute atomic E-state index is 10.8. The molecule has 0 aromatic carbocycles. The fraction of sp³-hybridized carbons (Fsp3) is 0.909. The maximum Gasteiger partial charge on any atom is 0.233 e. The van der Waals surface area contributed by atoms with Crippen molar-refractivity contribution in [1.82, 2.24) is 5.32 Å². The van der Waals surface area contributed by atoms with Crippen molar-refractivity contribution in [2.75, 3.05) is 19.7 Å². The molecule has 88 valence electrons. The van der Waals surface area contributed by atoms with Crippen LogP contribution in [-0.2, 0) is 9.53 Å². The molecule has 0 aromatic heterocycles. The Balaban J connectivity index is 2.00. The van der Waals surface area contributed by atoms with Crippen LogP contribution in [0.25, 0.3) is 0 Å². The minimum absolute atomic E-state index is 0.0590. The van der Waals surface area contributed by atoms with Gasteiger partial charge < -0.3 is 15.8 Å². The molecule has 0 unspecified atom stereocenters. The van der Waals surface area contributed by atoms with Gasteiger partial charge in [-0.2, -0.15) is 0 Å². The molecule has 0 bridgehead atoms. The molecule has 1 aliphatic carbocycles. The second-order valence-electron chi connectivity index (χ2n) is 4.04. The predicted molar refractivity (Wildman–Crippen MR) is 59.5 cm³/mol. The Labute approximate surface area is 91.5 Å². The predicted octanol–water partition coefficient (Wildman–Crippen LogP) is 0.801. The molecule has 4 nitrogen and oxygen atoms in total. The van der Waals surface area contributed by atoms with Crippen LogP contribution in [0.15, 0.2) is 0 Å². The summed E-state index contributed by atoms with van der Waals surface area (Å²) in [6.45, 7) is 1.24. The minimum Gasteiger partial charge on any atom is -0.376 e. The van der Waals surface area contributed by atoms with E-state index in [-0.39, 0.29) is 12.5 Å². The van der Waals surface area contributed by atoms with Crippen molar-refractivity contribution < 1.29 is 9.53 Å². The van der Waals surface area contributed by atoms with Crippen molar-refractivity contribution >= 4 is 5.91 Å². The van der Waals surface area contributed by atoms with Gasteiger partial charge in [-0.1, -0.05) is 25.7 Å². The number of amides is 1. The number of carbonyl (C=O) groups is 1. The number of nitrogens with one attached hydrogen (secondary N) is 1. The zero-order chi connectivity index (χ0) is 10.9. The average Bonchev–Trinajstić information content (AvgIpc) is 2.52. The van der Waals surface area contributed by atoms with Crippen LogP contribution in [0.2, 0.25) is 0 Å². The third kappa shape index (κ3) is 5.74. The molecule has 1 fully saturated rings. The largest absolute Gasteiger partial charge is 0.376 e. The number of hydrogen-bond acceptors (Lipinski definition) is 3. The fourth-order valence-corrected chi connectivity index (χ4v) is 1.90. The summed E-state index contributed by atoms with van der Waals surface area (Å²) in [5.74, 6) is -0.112. The molecule has 0 heterocycles. The van der Waals surface area contributed by atoms with E-state index >= 15 is 0 Å². The molecule has 0 radical (unpaired) electrons. The summed E-state index contributed by atoms with van der Waals surface area (Å²) in [5, 5.41) is 2.70. The van der Waals surface area contributed by atoms with Crippen LogP contribution in [0.4, 0.5) is 0 Å². The third-order valence-electron chi connectivity index (χ3n) is 2.77. The molecule has 1 rings (SSSR count). The Bertz CT molecular complexity index is 177. The highest BCUT2D eigenvalue weighted by molar-refractivity contribution is 5.77. The van der Waals surface area contributed by atoms with Crippen LogP contribution in [0.3, 0.4) is 0 Å². The van der Waals surface area contributed by atoms with Crippen molar-refractivity contribution in [3.63, 3.8) is 0 Å².